The van der Waals surface area contributed by atoms with Crippen LogP contribution >= 0.6 is 0 Å². The fourth-order valence-corrected chi connectivity index (χ4v) is 1.85. The average Bonchev–Trinajstić information content (AvgIpc) is 2.82. The molecule has 1 aromatic carbocycles. The van der Waals surface area contributed by atoms with Crippen molar-refractivity contribution in [2.45, 2.75) is 13.8 Å². The lowest BCUT2D eigenvalue weighted by Crippen LogP contribution is -1.98. The van der Waals surface area contributed by atoms with Crippen LogP contribution in [0.1, 0.15) is 13.8 Å². The maximum absolute atomic E-state index is 13.7. The molecule has 6 heteroatoms. The lowest BCUT2D eigenvalue weighted by molar-refractivity contribution is 0.587. The van der Waals surface area contributed by atoms with Gasteiger partial charge < -0.3 is 5.73 Å². The number of hydrogen-bond donors (Lipinski definition) is 1. The van der Waals surface area contributed by atoms with E-state index in [0.717, 1.165) is 0 Å². The summed E-state index contributed by atoms with van der Waals surface area (Å²) in [7, 11) is 0. The summed E-state index contributed by atoms with van der Waals surface area (Å²) < 4.78 is 28.8. The minimum atomic E-state index is -0.656. The molecular weight excluding hydrogens is 262 g/mol. The zero-order valence-corrected chi connectivity index (χ0v) is 11.1. The second-order valence-electron chi connectivity index (χ2n) is 3.75. The molecule has 0 radical (unpaired) electrons. The van der Waals surface area contributed by atoms with E-state index in [1.165, 1.54) is 22.7 Å². The van der Waals surface area contributed by atoms with Gasteiger partial charge in [0.25, 0.3) is 0 Å². The van der Waals surface area contributed by atoms with Crippen LogP contribution in [0.25, 0.3) is 16.9 Å². The van der Waals surface area contributed by atoms with Gasteiger partial charge >= 0.3 is 0 Å². The second kappa shape index (κ2) is 5.64. The summed E-state index contributed by atoms with van der Waals surface area (Å²) in [5, 5.41) is 3.92. The van der Waals surface area contributed by atoms with Gasteiger partial charge in [0.05, 0.1) is 11.3 Å². The first-order chi connectivity index (χ1) is 9.66. The third-order valence-corrected chi connectivity index (χ3v) is 2.60. The van der Waals surface area contributed by atoms with Gasteiger partial charge in [0.2, 0.25) is 5.95 Å². The van der Waals surface area contributed by atoms with Crippen molar-refractivity contribution in [1.29, 1.82) is 0 Å². The molecule has 0 saturated heterocycles. The van der Waals surface area contributed by atoms with Gasteiger partial charge in [-0.25, -0.2) is 13.3 Å². The summed E-state index contributed by atoms with van der Waals surface area (Å²) in [5.41, 5.74) is 6.05. The summed E-state index contributed by atoms with van der Waals surface area (Å²) in [6.07, 6.45) is 0. The fourth-order valence-electron chi connectivity index (χ4n) is 1.85. The molecule has 104 valence electrons. The molecule has 0 fully saturated rings. The number of halogens is 2. The predicted molar refractivity (Wildman–Crippen MR) is 74.1 cm³/mol. The Morgan fingerprint density at radius 1 is 1.00 bits per heavy atom. The van der Waals surface area contributed by atoms with E-state index in [9.17, 15) is 8.78 Å². The molecule has 0 atom stereocenters. The number of benzene rings is 1. The summed E-state index contributed by atoms with van der Waals surface area (Å²) in [6, 6.07) is 8.55. The van der Waals surface area contributed by atoms with Crippen molar-refractivity contribution in [3.63, 3.8) is 0 Å². The zero-order valence-electron chi connectivity index (χ0n) is 11.1. The molecule has 3 rings (SSSR count). The van der Waals surface area contributed by atoms with Crippen molar-refractivity contribution in [2.24, 2.45) is 0 Å². The summed E-state index contributed by atoms with van der Waals surface area (Å²) in [4.78, 5) is 3.94. The first-order valence-corrected chi connectivity index (χ1v) is 6.22. The van der Waals surface area contributed by atoms with E-state index >= 15 is 0 Å². The Balaban J connectivity index is 0.000000704. The molecule has 20 heavy (non-hydrogen) atoms. The van der Waals surface area contributed by atoms with E-state index in [1.807, 2.05) is 13.8 Å². The van der Waals surface area contributed by atoms with E-state index in [2.05, 4.69) is 10.1 Å². The van der Waals surface area contributed by atoms with Gasteiger partial charge in [0.1, 0.15) is 11.6 Å². The van der Waals surface area contributed by atoms with Crippen LogP contribution in [-0.4, -0.2) is 14.6 Å². The minimum Gasteiger partial charge on any atom is -0.366 e. The number of nitrogens with zero attached hydrogens (tertiary/aromatic N) is 3. The zero-order chi connectivity index (χ0) is 14.7. The van der Waals surface area contributed by atoms with Crippen LogP contribution in [0.4, 0.5) is 14.7 Å². The first-order valence-electron chi connectivity index (χ1n) is 6.22. The lowest BCUT2D eigenvalue weighted by Gasteiger charge is -2.06. The van der Waals surface area contributed by atoms with Gasteiger partial charge in [-0.2, -0.15) is 4.98 Å². The van der Waals surface area contributed by atoms with E-state index in [-0.39, 0.29) is 17.2 Å². The first kappa shape index (κ1) is 13.9. The molecular formula is C14H14F2N4. The molecule has 0 aliphatic carbocycles. The number of hydrogen-bond acceptors (Lipinski definition) is 3. The molecule has 0 aliphatic heterocycles. The Hall–Kier alpha value is -2.50. The SMILES string of the molecule is CC.Nc1nc2cccc(-c3c(F)cccc3F)n2n1. The Morgan fingerprint density at radius 3 is 2.25 bits per heavy atom. The molecule has 0 spiro atoms. The van der Waals surface area contributed by atoms with Crippen molar-refractivity contribution in [1.82, 2.24) is 14.6 Å². The number of aromatic nitrogens is 3. The third kappa shape index (κ3) is 2.32. The molecule has 0 aliphatic rings. The predicted octanol–water partition coefficient (Wildman–Crippen LogP) is 3.28. The van der Waals surface area contributed by atoms with Gasteiger partial charge in [0.15, 0.2) is 5.65 Å². The summed E-state index contributed by atoms with van der Waals surface area (Å²) >= 11 is 0. The molecule has 2 N–H and O–H groups in total. The highest BCUT2D eigenvalue weighted by Crippen LogP contribution is 2.26. The molecule has 0 amide bonds. The van der Waals surface area contributed by atoms with Gasteiger partial charge in [-0.15, -0.1) is 5.10 Å². The maximum atomic E-state index is 13.7. The van der Waals surface area contributed by atoms with E-state index in [4.69, 9.17) is 5.73 Å². The molecule has 0 bridgehead atoms. The van der Waals surface area contributed by atoms with Crippen molar-refractivity contribution < 1.29 is 8.78 Å². The van der Waals surface area contributed by atoms with Crippen LogP contribution in [0, 0.1) is 11.6 Å². The largest absolute Gasteiger partial charge is 0.366 e. The van der Waals surface area contributed by atoms with Crippen molar-refractivity contribution >= 4 is 11.6 Å². The Morgan fingerprint density at radius 2 is 1.60 bits per heavy atom. The van der Waals surface area contributed by atoms with Gasteiger partial charge in [-0.05, 0) is 24.3 Å². The van der Waals surface area contributed by atoms with Gasteiger partial charge in [0, 0.05) is 0 Å². The minimum absolute atomic E-state index is 0.0548. The Labute approximate surface area is 114 Å². The molecule has 4 nitrogen and oxygen atoms in total. The highest BCUT2D eigenvalue weighted by Gasteiger charge is 2.15. The normalized spacial score (nSPS) is 10.2. The number of rotatable bonds is 1. The van der Waals surface area contributed by atoms with Gasteiger partial charge in [-0.1, -0.05) is 26.0 Å². The van der Waals surface area contributed by atoms with Gasteiger partial charge in [-0.3, -0.25) is 0 Å². The third-order valence-electron chi connectivity index (χ3n) is 2.60. The summed E-state index contributed by atoms with van der Waals surface area (Å²) in [6.45, 7) is 4.00. The molecule has 0 saturated carbocycles. The smallest absolute Gasteiger partial charge is 0.240 e. The van der Waals surface area contributed by atoms with E-state index in [1.54, 1.807) is 18.2 Å². The maximum Gasteiger partial charge on any atom is 0.240 e. The monoisotopic (exact) mass is 276 g/mol. The average molecular weight is 276 g/mol. The van der Waals surface area contributed by atoms with Crippen LogP contribution in [0.2, 0.25) is 0 Å². The van der Waals surface area contributed by atoms with Crippen LogP contribution < -0.4 is 5.73 Å². The standard InChI is InChI=1S/C12H8F2N4.C2H6/c13-7-3-1-4-8(14)11(7)9-5-2-6-10-16-12(15)17-18(9)10;1-2/h1-6H,(H2,15,17);1-2H3. The van der Waals surface area contributed by atoms with Crippen molar-refractivity contribution in [2.75, 3.05) is 5.73 Å². The number of anilines is 1. The summed E-state index contributed by atoms with van der Waals surface area (Å²) in [5.74, 6) is -1.26. The number of nitrogens with two attached hydrogens (primary N) is 1. The highest BCUT2D eigenvalue weighted by atomic mass is 19.1. The fraction of sp³-hybridized carbons (Fsp3) is 0.143. The van der Waals surface area contributed by atoms with Crippen molar-refractivity contribution in [3.05, 3.63) is 48.0 Å². The van der Waals surface area contributed by atoms with E-state index in [0.29, 0.717) is 5.65 Å². The van der Waals surface area contributed by atoms with Crippen LogP contribution in [0.5, 0.6) is 0 Å². The number of pyridine rings is 1. The molecule has 2 aromatic heterocycles. The van der Waals surface area contributed by atoms with Crippen LogP contribution in [-0.2, 0) is 0 Å². The Kier molecular flexibility index (Phi) is 3.93. The number of fused-ring (bicyclic) bond motifs is 1. The highest BCUT2D eigenvalue weighted by molar-refractivity contribution is 5.64. The lowest BCUT2D eigenvalue weighted by atomic mass is 10.1. The van der Waals surface area contributed by atoms with E-state index < -0.39 is 11.6 Å². The molecule has 2 heterocycles. The Bertz CT molecular complexity index is 717. The molecule has 0 unspecified atom stereocenters. The van der Waals surface area contributed by atoms with Crippen LogP contribution in [0.3, 0.4) is 0 Å². The number of nitrogen functional groups attached to an aromatic ring is 1. The van der Waals surface area contributed by atoms with Crippen molar-refractivity contribution in [3.8, 4) is 11.3 Å². The molecule has 3 aromatic rings. The quantitative estimate of drug-likeness (QED) is 0.742. The topological polar surface area (TPSA) is 56.2 Å². The second-order valence-corrected chi connectivity index (χ2v) is 3.75. The van der Waals surface area contributed by atoms with Crippen LogP contribution in [0.15, 0.2) is 36.4 Å².